The van der Waals surface area contributed by atoms with Crippen LogP contribution >= 0.6 is 0 Å². The Hall–Kier alpha value is -2.57. The van der Waals surface area contributed by atoms with Gasteiger partial charge < -0.3 is 9.80 Å². The summed E-state index contributed by atoms with van der Waals surface area (Å²) >= 11 is 0. The minimum Gasteiger partial charge on any atom is -0.351 e. The van der Waals surface area contributed by atoms with Crippen molar-refractivity contribution < 1.29 is 13.6 Å². The smallest absolute Gasteiger partial charge is 0.288 e. The number of benzene rings is 1. The van der Waals surface area contributed by atoms with Gasteiger partial charge >= 0.3 is 0 Å². The number of halogens is 2. The van der Waals surface area contributed by atoms with E-state index in [-0.39, 0.29) is 17.6 Å². The first kappa shape index (κ1) is 19.7. The summed E-state index contributed by atoms with van der Waals surface area (Å²) in [7, 11) is 0. The minimum absolute atomic E-state index is 0.0103. The number of hydrogen-bond acceptors (Lipinski definition) is 4. The molecule has 4 rings (SSSR count). The highest BCUT2D eigenvalue weighted by molar-refractivity contribution is 5.79. The summed E-state index contributed by atoms with van der Waals surface area (Å²) in [4.78, 5) is 16.7. The van der Waals surface area contributed by atoms with Gasteiger partial charge in [0.2, 0.25) is 5.91 Å². The lowest BCUT2D eigenvalue weighted by atomic mass is 10.0. The molecular formula is C22H26F2N4O. The monoisotopic (exact) mass is 400 g/mol. The number of aromatic nitrogens is 2. The Kier molecular flexibility index (Phi) is 5.23. The van der Waals surface area contributed by atoms with E-state index < -0.39 is 5.92 Å². The topological polar surface area (TPSA) is 49.3 Å². The summed E-state index contributed by atoms with van der Waals surface area (Å²) in [5, 5.41) is 7.62. The fraction of sp³-hybridized carbons (Fsp3) is 0.500. The van der Waals surface area contributed by atoms with Gasteiger partial charge in [0.1, 0.15) is 5.69 Å². The molecule has 1 amide bonds. The molecule has 0 bridgehead atoms. The SMILES string of the molecule is CC1CN(c2ccc(C(C)(F)F)nn2)CCN1C(=O)Cc1ccc(C2CC2)cc1. The number of amides is 1. The third-order valence-electron chi connectivity index (χ3n) is 5.76. The van der Waals surface area contributed by atoms with Crippen molar-refractivity contribution in [1.82, 2.24) is 15.1 Å². The lowest BCUT2D eigenvalue weighted by Crippen LogP contribution is -2.54. The van der Waals surface area contributed by atoms with Crippen LogP contribution in [0.2, 0.25) is 0 Å². The van der Waals surface area contributed by atoms with E-state index in [0.717, 1.165) is 12.5 Å². The fourth-order valence-electron chi connectivity index (χ4n) is 3.86. The van der Waals surface area contributed by atoms with Crippen molar-refractivity contribution in [3.05, 3.63) is 53.2 Å². The van der Waals surface area contributed by atoms with E-state index in [1.54, 1.807) is 6.07 Å². The molecule has 1 aliphatic heterocycles. The van der Waals surface area contributed by atoms with Crippen LogP contribution in [0.4, 0.5) is 14.6 Å². The maximum Gasteiger partial charge on any atom is 0.288 e. The van der Waals surface area contributed by atoms with Crippen LogP contribution in [0, 0.1) is 0 Å². The number of piperazine rings is 1. The standard InChI is InChI=1S/C22H26F2N4O/c1-15-14-27(20-10-9-19(25-26-20)22(2,23)24)11-12-28(15)21(29)13-16-3-5-17(6-4-16)18-7-8-18/h3-6,9-10,15,18H,7-8,11-14H2,1-2H3. The van der Waals surface area contributed by atoms with Crippen LogP contribution in [-0.2, 0) is 17.1 Å². The van der Waals surface area contributed by atoms with Gasteiger partial charge in [-0.1, -0.05) is 24.3 Å². The van der Waals surface area contributed by atoms with Crippen molar-refractivity contribution in [3.8, 4) is 0 Å². The highest BCUT2D eigenvalue weighted by Crippen LogP contribution is 2.39. The Bertz CT molecular complexity index is 860. The first-order chi connectivity index (χ1) is 13.8. The Morgan fingerprint density at radius 3 is 2.38 bits per heavy atom. The van der Waals surface area contributed by atoms with Crippen molar-refractivity contribution in [2.45, 2.75) is 51.0 Å². The molecule has 0 radical (unpaired) electrons. The first-order valence-electron chi connectivity index (χ1n) is 10.2. The van der Waals surface area contributed by atoms with E-state index in [0.29, 0.717) is 37.8 Å². The van der Waals surface area contributed by atoms with Gasteiger partial charge in [0, 0.05) is 32.6 Å². The fourth-order valence-corrected chi connectivity index (χ4v) is 3.86. The molecule has 1 unspecified atom stereocenters. The van der Waals surface area contributed by atoms with Crippen LogP contribution in [0.25, 0.3) is 0 Å². The molecule has 2 fully saturated rings. The summed E-state index contributed by atoms with van der Waals surface area (Å²) < 4.78 is 26.6. The molecular weight excluding hydrogens is 374 g/mol. The summed E-state index contributed by atoms with van der Waals surface area (Å²) in [6, 6.07) is 11.3. The Morgan fingerprint density at radius 2 is 1.83 bits per heavy atom. The van der Waals surface area contributed by atoms with Crippen LogP contribution in [0.3, 0.4) is 0 Å². The Labute approximate surface area is 169 Å². The largest absolute Gasteiger partial charge is 0.351 e. The van der Waals surface area contributed by atoms with Gasteiger partial charge in [0.05, 0.1) is 6.42 Å². The maximum atomic E-state index is 13.3. The van der Waals surface area contributed by atoms with E-state index in [1.807, 2.05) is 16.7 Å². The van der Waals surface area contributed by atoms with Gasteiger partial charge in [0.25, 0.3) is 5.92 Å². The molecule has 1 aromatic heterocycles. The summed E-state index contributed by atoms with van der Waals surface area (Å²) in [6.07, 6.45) is 2.94. The molecule has 154 valence electrons. The molecule has 2 aliphatic rings. The van der Waals surface area contributed by atoms with Gasteiger partial charge in [-0.15, -0.1) is 10.2 Å². The lowest BCUT2D eigenvalue weighted by molar-refractivity contribution is -0.132. The van der Waals surface area contributed by atoms with Crippen LogP contribution < -0.4 is 4.90 Å². The predicted octanol–water partition coefficient (Wildman–Crippen LogP) is 3.75. The molecule has 0 N–H and O–H groups in total. The zero-order chi connectivity index (χ0) is 20.6. The van der Waals surface area contributed by atoms with E-state index >= 15 is 0 Å². The lowest BCUT2D eigenvalue weighted by Gasteiger charge is -2.40. The number of hydrogen-bond donors (Lipinski definition) is 0. The number of alkyl halides is 2. The van der Waals surface area contributed by atoms with Crippen molar-refractivity contribution in [2.24, 2.45) is 0 Å². The molecule has 1 saturated carbocycles. The predicted molar refractivity (Wildman–Crippen MR) is 107 cm³/mol. The molecule has 2 aromatic rings. The second-order valence-electron chi connectivity index (χ2n) is 8.24. The number of anilines is 1. The number of carbonyl (C=O) groups is 1. The van der Waals surface area contributed by atoms with E-state index in [4.69, 9.17) is 0 Å². The number of nitrogens with zero attached hydrogens (tertiary/aromatic N) is 4. The highest BCUT2D eigenvalue weighted by atomic mass is 19.3. The average molecular weight is 400 g/mol. The summed E-state index contributed by atoms with van der Waals surface area (Å²) in [5.41, 5.74) is 2.07. The molecule has 5 nitrogen and oxygen atoms in total. The zero-order valence-corrected chi connectivity index (χ0v) is 16.8. The average Bonchev–Trinajstić information content (AvgIpc) is 3.53. The Balaban J connectivity index is 1.35. The zero-order valence-electron chi connectivity index (χ0n) is 16.8. The summed E-state index contributed by atoms with van der Waals surface area (Å²) in [5.74, 6) is -1.61. The van der Waals surface area contributed by atoms with E-state index in [1.165, 1.54) is 24.5 Å². The van der Waals surface area contributed by atoms with E-state index in [9.17, 15) is 13.6 Å². The van der Waals surface area contributed by atoms with Gasteiger partial charge in [0.15, 0.2) is 5.82 Å². The normalized spacial score (nSPS) is 20.1. The third-order valence-corrected chi connectivity index (χ3v) is 5.76. The van der Waals surface area contributed by atoms with Crippen LogP contribution in [0.1, 0.15) is 49.4 Å². The van der Waals surface area contributed by atoms with Crippen molar-refractivity contribution in [1.29, 1.82) is 0 Å². The van der Waals surface area contributed by atoms with Gasteiger partial charge in [-0.3, -0.25) is 4.79 Å². The van der Waals surface area contributed by atoms with Crippen molar-refractivity contribution >= 4 is 11.7 Å². The molecule has 2 heterocycles. The number of rotatable bonds is 5. The van der Waals surface area contributed by atoms with Gasteiger partial charge in [-0.2, -0.15) is 8.78 Å². The quantitative estimate of drug-likeness (QED) is 0.767. The molecule has 1 aromatic carbocycles. The molecule has 7 heteroatoms. The van der Waals surface area contributed by atoms with Crippen LogP contribution in [-0.4, -0.2) is 46.7 Å². The minimum atomic E-state index is -3.00. The second-order valence-corrected chi connectivity index (χ2v) is 8.24. The molecule has 1 saturated heterocycles. The second kappa shape index (κ2) is 7.69. The van der Waals surface area contributed by atoms with Crippen molar-refractivity contribution in [2.75, 3.05) is 24.5 Å². The van der Waals surface area contributed by atoms with Crippen LogP contribution in [0.15, 0.2) is 36.4 Å². The van der Waals surface area contributed by atoms with Crippen molar-refractivity contribution in [3.63, 3.8) is 0 Å². The van der Waals surface area contributed by atoms with Gasteiger partial charge in [-0.25, -0.2) is 0 Å². The third kappa shape index (κ3) is 4.54. The first-order valence-corrected chi connectivity index (χ1v) is 10.2. The highest BCUT2D eigenvalue weighted by Gasteiger charge is 2.30. The van der Waals surface area contributed by atoms with E-state index in [2.05, 4.69) is 34.5 Å². The molecule has 29 heavy (non-hydrogen) atoms. The molecule has 0 spiro atoms. The Morgan fingerprint density at radius 1 is 1.10 bits per heavy atom. The number of carbonyl (C=O) groups excluding carboxylic acids is 1. The molecule has 1 aliphatic carbocycles. The molecule has 1 atom stereocenters. The van der Waals surface area contributed by atoms with Crippen LogP contribution in [0.5, 0.6) is 0 Å². The van der Waals surface area contributed by atoms with Gasteiger partial charge in [-0.05, 0) is 48.9 Å². The maximum absolute atomic E-state index is 13.3. The summed E-state index contributed by atoms with van der Waals surface area (Å²) in [6.45, 7) is 4.59.